The summed E-state index contributed by atoms with van der Waals surface area (Å²) in [5.74, 6) is -0.490. The molecule has 0 saturated carbocycles. The van der Waals surface area contributed by atoms with Crippen molar-refractivity contribution >= 4 is 40.7 Å². The van der Waals surface area contributed by atoms with Gasteiger partial charge in [0, 0.05) is 16.1 Å². The maximum atomic E-state index is 12.8. The average molecular weight is 375 g/mol. The van der Waals surface area contributed by atoms with Crippen molar-refractivity contribution in [3.05, 3.63) is 63.6 Å². The van der Waals surface area contributed by atoms with E-state index in [4.69, 9.17) is 23.2 Å². The topological polar surface area (TPSA) is 49.4 Å². The van der Waals surface area contributed by atoms with E-state index in [1.165, 1.54) is 16.0 Å². The Labute approximate surface area is 155 Å². The molecule has 1 aliphatic heterocycles. The van der Waals surface area contributed by atoms with Crippen molar-refractivity contribution in [3.8, 4) is 0 Å². The minimum absolute atomic E-state index is 0.149. The Bertz CT molecular complexity index is 823. The maximum Gasteiger partial charge on any atom is 0.251 e. The highest BCUT2D eigenvalue weighted by molar-refractivity contribution is 6.35. The fraction of sp³-hybridized carbons (Fsp3) is 0.263. The molecule has 2 aromatic rings. The van der Waals surface area contributed by atoms with Crippen LogP contribution in [0.2, 0.25) is 10.0 Å². The number of anilines is 1. The molecule has 1 atom stereocenters. The molecule has 1 fully saturated rings. The number of halogens is 2. The lowest BCUT2D eigenvalue weighted by Gasteiger charge is -2.18. The summed E-state index contributed by atoms with van der Waals surface area (Å²) in [5.41, 5.74) is 3.03. The Balaban J connectivity index is 1.50. The lowest BCUT2D eigenvalue weighted by atomic mass is 10.1. The quantitative estimate of drug-likeness (QED) is 0.837. The number of hydrogen-bond donors (Lipinski definition) is 1. The summed E-state index contributed by atoms with van der Waals surface area (Å²) >= 11 is 12.0. The SMILES string of the molecule is O=C1CC(NC2Cc3ccccc3C2)C(=O)N1c1cc(Cl)cc(Cl)c1. The van der Waals surface area contributed by atoms with Gasteiger partial charge in [0.2, 0.25) is 5.91 Å². The number of fused-ring (bicyclic) bond motifs is 1. The van der Waals surface area contributed by atoms with Crippen LogP contribution in [-0.2, 0) is 22.4 Å². The molecule has 2 amide bonds. The summed E-state index contributed by atoms with van der Waals surface area (Å²) in [4.78, 5) is 26.3. The first-order valence-corrected chi connectivity index (χ1v) is 8.92. The first-order valence-electron chi connectivity index (χ1n) is 8.17. The van der Waals surface area contributed by atoms with Gasteiger partial charge in [-0.2, -0.15) is 0 Å². The molecule has 0 spiro atoms. The third kappa shape index (κ3) is 3.17. The van der Waals surface area contributed by atoms with Crippen LogP contribution in [0.4, 0.5) is 5.69 Å². The third-order valence-electron chi connectivity index (χ3n) is 4.74. The van der Waals surface area contributed by atoms with E-state index in [-0.39, 0.29) is 24.3 Å². The van der Waals surface area contributed by atoms with Gasteiger partial charge in [-0.25, -0.2) is 4.90 Å². The Hall–Kier alpha value is -1.88. The number of amides is 2. The van der Waals surface area contributed by atoms with Crippen molar-refractivity contribution in [2.24, 2.45) is 0 Å². The summed E-state index contributed by atoms with van der Waals surface area (Å²) in [6.07, 6.45) is 1.89. The number of imide groups is 1. The van der Waals surface area contributed by atoms with Gasteiger partial charge in [0.25, 0.3) is 5.91 Å². The molecule has 0 bridgehead atoms. The number of hydrogen-bond acceptors (Lipinski definition) is 3. The molecule has 25 heavy (non-hydrogen) atoms. The number of benzene rings is 2. The maximum absolute atomic E-state index is 12.8. The molecular weight excluding hydrogens is 359 g/mol. The molecule has 1 heterocycles. The summed E-state index contributed by atoms with van der Waals surface area (Å²) in [6, 6.07) is 12.7. The number of nitrogens with one attached hydrogen (secondary N) is 1. The van der Waals surface area contributed by atoms with Crippen molar-refractivity contribution in [1.29, 1.82) is 0 Å². The highest BCUT2D eigenvalue weighted by atomic mass is 35.5. The predicted octanol–water partition coefficient (Wildman–Crippen LogP) is 3.38. The molecule has 6 heteroatoms. The van der Waals surface area contributed by atoms with Gasteiger partial charge < -0.3 is 5.32 Å². The van der Waals surface area contributed by atoms with Crippen LogP contribution in [0.25, 0.3) is 0 Å². The van der Waals surface area contributed by atoms with Crippen molar-refractivity contribution in [2.75, 3.05) is 4.90 Å². The highest BCUT2D eigenvalue weighted by Crippen LogP contribution is 2.30. The molecule has 1 N–H and O–H groups in total. The van der Waals surface area contributed by atoms with Crippen LogP contribution in [-0.4, -0.2) is 23.9 Å². The van der Waals surface area contributed by atoms with Gasteiger partial charge >= 0.3 is 0 Å². The molecule has 1 saturated heterocycles. The molecule has 1 aliphatic carbocycles. The molecular formula is C19H16Cl2N2O2. The van der Waals surface area contributed by atoms with Gasteiger partial charge in [-0.15, -0.1) is 0 Å². The van der Waals surface area contributed by atoms with Crippen molar-refractivity contribution in [1.82, 2.24) is 5.32 Å². The van der Waals surface area contributed by atoms with Crippen LogP contribution in [0.15, 0.2) is 42.5 Å². The number of carbonyl (C=O) groups excluding carboxylic acids is 2. The monoisotopic (exact) mass is 374 g/mol. The molecule has 4 rings (SSSR count). The molecule has 1 unspecified atom stereocenters. The second kappa shape index (κ2) is 6.45. The van der Waals surface area contributed by atoms with Gasteiger partial charge in [-0.05, 0) is 42.2 Å². The number of carbonyl (C=O) groups is 2. The molecule has 2 aliphatic rings. The van der Waals surface area contributed by atoms with Gasteiger partial charge in [-0.3, -0.25) is 9.59 Å². The standard InChI is InChI=1S/C19H16Cl2N2O2/c20-13-7-14(21)9-16(8-13)23-18(24)10-17(19(23)25)22-15-5-11-3-1-2-4-12(11)6-15/h1-4,7-9,15,17,22H,5-6,10H2. The van der Waals surface area contributed by atoms with E-state index in [1.54, 1.807) is 18.2 Å². The minimum atomic E-state index is -0.510. The van der Waals surface area contributed by atoms with Crippen molar-refractivity contribution < 1.29 is 9.59 Å². The normalized spacial score (nSPS) is 20.4. The first kappa shape index (κ1) is 16.6. The second-order valence-corrected chi connectivity index (χ2v) is 7.37. The number of nitrogens with zero attached hydrogens (tertiary/aromatic N) is 1. The van der Waals surface area contributed by atoms with Gasteiger partial charge in [0.05, 0.1) is 18.2 Å². The van der Waals surface area contributed by atoms with Gasteiger partial charge in [-0.1, -0.05) is 47.5 Å². The number of rotatable bonds is 3. The highest BCUT2D eigenvalue weighted by Gasteiger charge is 2.41. The van der Waals surface area contributed by atoms with Crippen LogP contribution >= 0.6 is 23.2 Å². The van der Waals surface area contributed by atoms with E-state index >= 15 is 0 Å². The van der Waals surface area contributed by atoms with E-state index in [9.17, 15) is 9.59 Å². The van der Waals surface area contributed by atoms with Crippen molar-refractivity contribution in [3.63, 3.8) is 0 Å². The summed E-state index contributed by atoms with van der Waals surface area (Å²) in [7, 11) is 0. The Morgan fingerprint density at radius 3 is 2.12 bits per heavy atom. The zero-order valence-electron chi connectivity index (χ0n) is 13.3. The zero-order valence-corrected chi connectivity index (χ0v) is 14.8. The van der Waals surface area contributed by atoms with E-state index in [1.807, 2.05) is 12.1 Å². The van der Waals surface area contributed by atoms with Gasteiger partial charge in [0.1, 0.15) is 0 Å². The molecule has 2 aromatic carbocycles. The smallest absolute Gasteiger partial charge is 0.251 e. The van der Waals surface area contributed by atoms with Crippen LogP contribution < -0.4 is 10.2 Å². The molecule has 128 valence electrons. The van der Waals surface area contributed by atoms with E-state index in [0.717, 1.165) is 12.8 Å². The largest absolute Gasteiger partial charge is 0.302 e. The fourth-order valence-electron chi connectivity index (χ4n) is 3.66. The van der Waals surface area contributed by atoms with Crippen molar-refractivity contribution in [2.45, 2.75) is 31.3 Å². The molecule has 4 nitrogen and oxygen atoms in total. The van der Waals surface area contributed by atoms with Gasteiger partial charge in [0.15, 0.2) is 0 Å². The predicted molar refractivity (Wildman–Crippen MR) is 98.1 cm³/mol. The zero-order chi connectivity index (χ0) is 17.6. The van der Waals surface area contributed by atoms with Crippen LogP contribution in [0.3, 0.4) is 0 Å². The lowest BCUT2D eigenvalue weighted by molar-refractivity contribution is -0.121. The van der Waals surface area contributed by atoms with Crippen LogP contribution in [0.1, 0.15) is 17.5 Å². The summed E-state index contributed by atoms with van der Waals surface area (Å²) in [5, 5.41) is 4.14. The Kier molecular flexibility index (Phi) is 4.28. The lowest BCUT2D eigenvalue weighted by Crippen LogP contribution is -2.44. The molecule has 0 radical (unpaired) electrons. The van der Waals surface area contributed by atoms with E-state index in [2.05, 4.69) is 17.4 Å². The minimum Gasteiger partial charge on any atom is -0.302 e. The second-order valence-electron chi connectivity index (χ2n) is 6.49. The Morgan fingerprint density at radius 1 is 0.920 bits per heavy atom. The third-order valence-corrected chi connectivity index (χ3v) is 5.18. The van der Waals surface area contributed by atoms with E-state index in [0.29, 0.717) is 15.7 Å². The first-order chi connectivity index (χ1) is 12.0. The van der Waals surface area contributed by atoms with Crippen LogP contribution in [0, 0.1) is 0 Å². The Morgan fingerprint density at radius 2 is 1.52 bits per heavy atom. The molecule has 0 aromatic heterocycles. The van der Waals surface area contributed by atoms with Crippen LogP contribution in [0.5, 0.6) is 0 Å². The average Bonchev–Trinajstić information content (AvgIpc) is 3.07. The van der Waals surface area contributed by atoms with E-state index < -0.39 is 6.04 Å². The summed E-state index contributed by atoms with van der Waals surface area (Å²) < 4.78 is 0. The summed E-state index contributed by atoms with van der Waals surface area (Å²) in [6.45, 7) is 0. The fourth-order valence-corrected chi connectivity index (χ4v) is 4.18.